The van der Waals surface area contributed by atoms with Gasteiger partial charge in [-0.25, -0.2) is 17.2 Å². The molecule has 0 amide bonds. The molecule has 4 rings (SSSR count). The highest BCUT2D eigenvalue weighted by molar-refractivity contribution is 7.90. The topological polar surface area (TPSA) is 67.2 Å². The lowest BCUT2D eigenvalue weighted by atomic mass is 9.75. The second-order valence-electron chi connectivity index (χ2n) is 11.4. The van der Waals surface area contributed by atoms with Crippen LogP contribution in [0.3, 0.4) is 0 Å². The van der Waals surface area contributed by atoms with E-state index in [2.05, 4.69) is 26.8 Å². The third-order valence-electron chi connectivity index (χ3n) is 8.01. The van der Waals surface area contributed by atoms with Gasteiger partial charge in [-0.3, -0.25) is 0 Å². The van der Waals surface area contributed by atoms with Crippen LogP contribution in [0.25, 0.3) is 0 Å². The lowest BCUT2D eigenvalue weighted by Crippen LogP contribution is -2.43. The minimum atomic E-state index is -3.64. The molecule has 188 valence electrons. The van der Waals surface area contributed by atoms with Crippen molar-refractivity contribution in [2.24, 2.45) is 0 Å². The molecular weight excluding hydrogens is 484 g/mol. The van der Waals surface area contributed by atoms with E-state index < -0.39 is 36.2 Å². The fourth-order valence-corrected chi connectivity index (χ4v) is 7.50. The van der Waals surface area contributed by atoms with Gasteiger partial charge in [0.25, 0.3) is 0 Å². The molecule has 35 heavy (non-hydrogen) atoms. The van der Waals surface area contributed by atoms with Crippen LogP contribution in [0.5, 0.6) is 0 Å². The van der Waals surface area contributed by atoms with Crippen LogP contribution in [0.4, 0.5) is 8.78 Å². The van der Waals surface area contributed by atoms with Crippen LogP contribution in [0.15, 0.2) is 29.2 Å². The molecule has 2 aliphatic rings. The molecule has 0 fully saturated rings. The zero-order valence-corrected chi connectivity index (χ0v) is 23.0. The number of hydrogen-bond donors (Lipinski definition) is 0. The third kappa shape index (κ3) is 4.59. The van der Waals surface area contributed by atoms with Crippen LogP contribution in [0, 0.1) is 17.1 Å². The number of nitriles is 1. The molecule has 2 aromatic rings. The largest absolute Gasteiger partial charge is 0.407 e. The number of nitrogens with zero attached hydrogens (tertiary/aromatic N) is 1. The van der Waals surface area contributed by atoms with Gasteiger partial charge in [0.1, 0.15) is 18.1 Å². The zero-order chi connectivity index (χ0) is 25.9. The molecule has 3 atom stereocenters. The van der Waals surface area contributed by atoms with E-state index in [9.17, 15) is 18.1 Å². The predicted molar refractivity (Wildman–Crippen MR) is 135 cm³/mol. The van der Waals surface area contributed by atoms with Crippen LogP contribution in [-0.2, 0) is 27.1 Å². The van der Waals surface area contributed by atoms with Crippen LogP contribution >= 0.6 is 0 Å². The van der Waals surface area contributed by atoms with Crippen molar-refractivity contribution in [1.29, 1.82) is 5.26 Å². The van der Waals surface area contributed by atoms with Gasteiger partial charge in [0.05, 0.1) is 16.5 Å². The summed E-state index contributed by atoms with van der Waals surface area (Å²) >= 11 is 0. The maximum atomic E-state index is 15.7. The van der Waals surface area contributed by atoms with E-state index >= 15 is 4.39 Å². The van der Waals surface area contributed by atoms with Gasteiger partial charge >= 0.3 is 0 Å². The molecule has 4 nitrogen and oxygen atoms in total. The molecule has 0 radical (unpaired) electrons. The summed E-state index contributed by atoms with van der Waals surface area (Å²) in [5.41, 5.74) is 3.77. The first-order chi connectivity index (χ1) is 16.2. The second kappa shape index (κ2) is 8.79. The quantitative estimate of drug-likeness (QED) is 0.433. The predicted octanol–water partition coefficient (Wildman–Crippen LogP) is 6.53. The number of fused-ring (bicyclic) bond motifs is 2. The van der Waals surface area contributed by atoms with Crippen molar-refractivity contribution in [2.75, 3.05) is 6.26 Å². The molecule has 2 aliphatic carbocycles. The van der Waals surface area contributed by atoms with Crippen LogP contribution in [-0.4, -0.2) is 29.2 Å². The van der Waals surface area contributed by atoms with Crippen molar-refractivity contribution >= 4 is 18.2 Å². The van der Waals surface area contributed by atoms with Crippen molar-refractivity contribution in [1.82, 2.24) is 0 Å². The standard InChI is InChI=1S/C27H33F2NO3SSi/c1-27(2,3)35(5,6)33-26-22(29)14-21-19(10-11-23(25(21)26)34(4,31)32)20-9-7-8-16-12-18(28)13-17(15-30)24(16)20/h10-13,20,22,26H,7-9,14H2,1-6H3/t20-,22-,26?/m1/s1. The Morgan fingerprint density at radius 1 is 1.17 bits per heavy atom. The summed E-state index contributed by atoms with van der Waals surface area (Å²) < 4.78 is 61.9. The molecule has 0 aliphatic heterocycles. The van der Waals surface area contributed by atoms with Crippen LogP contribution in [0.1, 0.15) is 79.0 Å². The zero-order valence-electron chi connectivity index (χ0n) is 21.2. The third-order valence-corrected chi connectivity index (χ3v) is 13.6. The molecule has 0 heterocycles. The smallest absolute Gasteiger partial charge is 0.193 e. The van der Waals surface area contributed by atoms with Gasteiger partial charge in [-0.1, -0.05) is 26.8 Å². The van der Waals surface area contributed by atoms with E-state index in [1.807, 2.05) is 13.1 Å². The van der Waals surface area contributed by atoms with E-state index in [-0.39, 0.29) is 27.8 Å². The summed E-state index contributed by atoms with van der Waals surface area (Å²) in [6, 6.07) is 8.20. The van der Waals surface area contributed by atoms with E-state index in [0.29, 0.717) is 17.5 Å². The lowest BCUT2D eigenvalue weighted by Gasteiger charge is -2.39. The van der Waals surface area contributed by atoms with Gasteiger partial charge in [0.15, 0.2) is 18.2 Å². The number of halogens is 2. The van der Waals surface area contributed by atoms with Crippen LogP contribution in [0.2, 0.25) is 18.1 Å². The van der Waals surface area contributed by atoms with Crippen molar-refractivity contribution in [2.45, 2.75) is 87.7 Å². The molecule has 0 spiro atoms. The summed E-state index contributed by atoms with van der Waals surface area (Å²) in [7, 11) is -6.05. The number of hydrogen-bond acceptors (Lipinski definition) is 4. The number of sulfone groups is 1. The average molecular weight is 518 g/mol. The lowest BCUT2D eigenvalue weighted by molar-refractivity contribution is 0.0991. The first kappa shape index (κ1) is 26.0. The van der Waals surface area contributed by atoms with Gasteiger partial charge in [0.2, 0.25) is 0 Å². The molecular formula is C27H33F2NO3SSi. The van der Waals surface area contributed by atoms with Crippen molar-refractivity contribution in [3.8, 4) is 6.07 Å². The summed E-state index contributed by atoms with van der Waals surface area (Å²) in [6.07, 6.45) is 1.08. The summed E-state index contributed by atoms with van der Waals surface area (Å²) in [5, 5.41) is 9.57. The molecule has 8 heteroatoms. The first-order valence-electron chi connectivity index (χ1n) is 12.1. The second-order valence-corrected chi connectivity index (χ2v) is 18.2. The average Bonchev–Trinajstić information content (AvgIpc) is 3.05. The Kier molecular flexibility index (Phi) is 6.53. The molecule has 0 bridgehead atoms. The number of rotatable bonds is 4. The van der Waals surface area contributed by atoms with Crippen molar-refractivity contribution in [3.05, 3.63) is 63.5 Å². The number of aryl methyl sites for hydroxylation is 1. The fourth-order valence-electron chi connectivity index (χ4n) is 5.30. The number of alkyl halides is 1. The monoisotopic (exact) mass is 517 g/mol. The number of benzene rings is 2. The van der Waals surface area contributed by atoms with Gasteiger partial charge in [0, 0.05) is 24.2 Å². The maximum absolute atomic E-state index is 15.7. The van der Waals surface area contributed by atoms with Gasteiger partial charge in [-0.2, -0.15) is 5.26 Å². The Hall–Kier alpha value is -2.08. The molecule has 2 aromatic carbocycles. The Labute approximate surface area is 208 Å². The Balaban J connectivity index is 1.93. The van der Waals surface area contributed by atoms with Gasteiger partial charge in [-0.15, -0.1) is 0 Å². The molecule has 0 N–H and O–H groups in total. The highest BCUT2D eigenvalue weighted by Crippen LogP contribution is 2.50. The molecule has 0 saturated carbocycles. The molecule has 0 aromatic heterocycles. The maximum Gasteiger partial charge on any atom is 0.193 e. The van der Waals surface area contributed by atoms with E-state index in [4.69, 9.17) is 4.43 Å². The van der Waals surface area contributed by atoms with Gasteiger partial charge < -0.3 is 4.43 Å². The summed E-state index contributed by atoms with van der Waals surface area (Å²) in [5.74, 6) is -0.666. The molecule has 0 saturated heterocycles. The fraction of sp³-hybridized carbons (Fsp3) is 0.519. The SMILES string of the molecule is CC(C)(C)[Si](C)(C)OC1c2c(S(C)(=O)=O)ccc([C@H]3CCCc4cc(F)cc(C#N)c43)c2C[C@H]1F. The van der Waals surface area contributed by atoms with Crippen LogP contribution < -0.4 is 0 Å². The highest BCUT2D eigenvalue weighted by atomic mass is 32.2. The van der Waals surface area contributed by atoms with Crippen molar-refractivity contribution < 1.29 is 21.6 Å². The Morgan fingerprint density at radius 3 is 2.46 bits per heavy atom. The molecule has 1 unspecified atom stereocenters. The Morgan fingerprint density at radius 2 is 1.86 bits per heavy atom. The first-order valence-corrected chi connectivity index (χ1v) is 16.9. The Bertz CT molecular complexity index is 1330. The minimum Gasteiger partial charge on any atom is -0.407 e. The highest BCUT2D eigenvalue weighted by Gasteiger charge is 2.46. The normalized spacial score (nSPS) is 22.4. The van der Waals surface area contributed by atoms with E-state index in [1.54, 1.807) is 12.1 Å². The summed E-state index contributed by atoms with van der Waals surface area (Å²) in [4.78, 5) is 0.107. The minimum absolute atomic E-state index is 0.0578. The van der Waals surface area contributed by atoms with Crippen molar-refractivity contribution in [3.63, 3.8) is 0 Å². The summed E-state index contributed by atoms with van der Waals surface area (Å²) in [6.45, 7) is 10.3. The van der Waals surface area contributed by atoms with Gasteiger partial charge in [-0.05, 0) is 77.8 Å². The van der Waals surface area contributed by atoms with E-state index in [1.165, 1.54) is 12.1 Å². The van der Waals surface area contributed by atoms with E-state index in [0.717, 1.165) is 35.8 Å².